The Hall–Kier alpha value is -1.93. The smallest absolute Gasteiger partial charge is 0.194 e. The summed E-state index contributed by atoms with van der Waals surface area (Å²) in [5.74, 6) is 0.0726. The number of benzene rings is 2. The van der Waals surface area contributed by atoms with E-state index in [9.17, 15) is 4.79 Å². The summed E-state index contributed by atoms with van der Waals surface area (Å²) >= 11 is 0. The van der Waals surface area contributed by atoms with Gasteiger partial charge in [-0.3, -0.25) is 4.79 Å². The summed E-state index contributed by atoms with van der Waals surface area (Å²) in [6.45, 7) is 6.35. The van der Waals surface area contributed by atoms with Crippen molar-refractivity contribution >= 4 is 5.78 Å². The molecule has 0 spiro atoms. The maximum atomic E-state index is 13.0. The molecule has 0 N–H and O–H groups in total. The lowest BCUT2D eigenvalue weighted by Gasteiger charge is -2.27. The number of rotatable bonds is 7. The fraction of sp³-hybridized carbons (Fsp3) is 0.350. The van der Waals surface area contributed by atoms with Crippen molar-refractivity contribution in [3.63, 3.8) is 0 Å². The fourth-order valence-electron chi connectivity index (χ4n) is 2.64. The lowest BCUT2D eigenvalue weighted by Crippen LogP contribution is -2.38. The number of Topliss-reactive ketones (excluding diaryl/α,β-unsaturated/α-hetero) is 1. The summed E-state index contributed by atoms with van der Waals surface area (Å²) in [6.07, 6.45) is 1.42. The van der Waals surface area contributed by atoms with Crippen molar-refractivity contribution in [1.82, 2.24) is 0 Å². The normalized spacial score (nSPS) is 13.6. The van der Waals surface area contributed by atoms with Crippen molar-refractivity contribution in [3.8, 4) is 0 Å². The average molecular weight is 296 g/mol. The Labute approximate surface area is 133 Å². The molecule has 2 heteroatoms. The van der Waals surface area contributed by atoms with Crippen LogP contribution in [0.4, 0.5) is 0 Å². The van der Waals surface area contributed by atoms with Gasteiger partial charge in [-0.1, -0.05) is 61.5 Å². The molecule has 0 saturated carbocycles. The van der Waals surface area contributed by atoms with Crippen molar-refractivity contribution in [2.75, 3.05) is 6.61 Å². The first-order valence-electron chi connectivity index (χ1n) is 7.91. The zero-order valence-corrected chi connectivity index (χ0v) is 13.6. The van der Waals surface area contributed by atoms with Crippen molar-refractivity contribution < 1.29 is 9.53 Å². The van der Waals surface area contributed by atoms with Crippen LogP contribution in [0.3, 0.4) is 0 Å². The molecule has 1 unspecified atom stereocenters. The second kappa shape index (κ2) is 7.37. The molecule has 0 aliphatic carbocycles. The summed E-state index contributed by atoms with van der Waals surface area (Å²) < 4.78 is 5.75. The molecule has 0 saturated heterocycles. The van der Waals surface area contributed by atoms with E-state index in [2.05, 4.69) is 12.1 Å². The highest BCUT2D eigenvalue weighted by atomic mass is 16.5. The quantitative estimate of drug-likeness (QED) is 0.694. The molecule has 2 aromatic carbocycles. The van der Waals surface area contributed by atoms with Crippen LogP contribution in [-0.2, 0) is 11.2 Å². The van der Waals surface area contributed by atoms with Crippen LogP contribution in [0.2, 0.25) is 0 Å². The zero-order valence-electron chi connectivity index (χ0n) is 13.6. The highest BCUT2D eigenvalue weighted by molar-refractivity contribution is 6.03. The van der Waals surface area contributed by atoms with E-state index in [1.54, 1.807) is 0 Å². The third kappa shape index (κ3) is 3.63. The van der Waals surface area contributed by atoms with Gasteiger partial charge in [-0.2, -0.15) is 0 Å². The number of carbonyl (C=O) groups is 1. The Kier molecular flexibility index (Phi) is 5.51. The van der Waals surface area contributed by atoms with Gasteiger partial charge in [0.25, 0.3) is 0 Å². The zero-order chi connectivity index (χ0) is 16.0. The molecule has 0 aromatic heterocycles. The molecule has 0 bridgehead atoms. The highest BCUT2D eigenvalue weighted by Gasteiger charge is 2.33. The van der Waals surface area contributed by atoms with Crippen LogP contribution in [0.25, 0.3) is 0 Å². The molecule has 116 valence electrons. The third-order valence-corrected chi connectivity index (χ3v) is 4.12. The highest BCUT2D eigenvalue weighted by Crippen LogP contribution is 2.25. The van der Waals surface area contributed by atoms with Gasteiger partial charge in [-0.25, -0.2) is 0 Å². The topological polar surface area (TPSA) is 26.3 Å². The lowest BCUT2D eigenvalue weighted by atomic mass is 9.87. The molecule has 0 heterocycles. The molecule has 1 atom stereocenters. The molecule has 2 aromatic rings. The van der Waals surface area contributed by atoms with Gasteiger partial charge < -0.3 is 4.74 Å². The Morgan fingerprint density at radius 1 is 1.00 bits per heavy atom. The first-order valence-corrected chi connectivity index (χ1v) is 7.91. The number of ketones is 1. The van der Waals surface area contributed by atoms with E-state index < -0.39 is 5.60 Å². The largest absolute Gasteiger partial charge is 0.367 e. The van der Waals surface area contributed by atoms with Gasteiger partial charge in [0, 0.05) is 12.2 Å². The van der Waals surface area contributed by atoms with Gasteiger partial charge in [0.15, 0.2) is 5.78 Å². The Bertz CT molecular complexity index is 619. The van der Waals surface area contributed by atoms with Gasteiger partial charge in [0.05, 0.1) is 0 Å². The minimum absolute atomic E-state index is 0.0726. The van der Waals surface area contributed by atoms with Crippen LogP contribution in [0.1, 0.15) is 48.7 Å². The molecule has 0 amide bonds. The number of hydrogen-bond acceptors (Lipinski definition) is 2. The summed E-state index contributed by atoms with van der Waals surface area (Å²) in [5.41, 5.74) is 2.28. The molecule has 2 nitrogen and oxygen atoms in total. The molecule has 0 aliphatic rings. The van der Waals surface area contributed by atoms with Gasteiger partial charge in [-0.15, -0.1) is 0 Å². The van der Waals surface area contributed by atoms with E-state index in [4.69, 9.17) is 4.74 Å². The van der Waals surface area contributed by atoms with Gasteiger partial charge in [-0.05, 0) is 37.8 Å². The molecule has 0 aliphatic heterocycles. The van der Waals surface area contributed by atoms with Crippen molar-refractivity contribution in [2.24, 2.45) is 0 Å². The molecular formula is C20H24O2. The van der Waals surface area contributed by atoms with Crippen LogP contribution in [0.5, 0.6) is 0 Å². The first kappa shape index (κ1) is 16.4. The minimum Gasteiger partial charge on any atom is -0.367 e. The first-order chi connectivity index (χ1) is 10.6. The van der Waals surface area contributed by atoms with Crippen molar-refractivity contribution in [1.29, 1.82) is 0 Å². The van der Waals surface area contributed by atoms with Crippen LogP contribution in [0.15, 0.2) is 54.6 Å². The standard InChI is InChI=1S/C20H24O2/c1-4-20(3,22-5-2)19(21)18-14-10-9-13-17(18)15-16-11-7-6-8-12-16/h6-14H,4-5,15H2,1-3H3. The summed E-state index contributed by atoms with van der Waals surface area (Å²) in [6, 6.07) is 18.1. The van der Waals surface area contributed by atoms with Crippen LogP contribution >= 0.6 is 0 Å². The van der Waals surface area contributed by atoms with Gasteiger partial charge in [0.1, 0.15) is 5.60 Å². The summed E-state index contributed by atoms with van der Waals surface area (Å²) in [5, 5.41) is 0. The lowest BCUT2D eigenvalue weighted by molar-refractivity contribution is -0.0116. The Morgan fingerprint density at radius 2 is 1.64 bits per heavy atom. The van der Waals surface area contributed by atoms with E-state index in [0.717, 1.165) is 17.5 Å². The Balaban J connectivity index is 2.34. The molecule has 0 radical (unpaired) electrons. The van der Waals surface area contributed by atoms with E-state index in [1.165, 1.54) is 5.56 Å². The van der Waals surface area contributed by atoms with Gasteiger partial charge >= 0.3 is 0 Å². The fourth-order valence-corrected chi connectivity index (χ4v) is 2.64. The van der Waals surface area contributed by atoms with Crippen molar-refractivity contribution in [3.05, 3.63) is 71.3 Å². The van der Waals surface area contributed by atoms with Crippen molar-refractivity contribution in [2.45, 2.75) is 39.2 Å². The maximum Gasteiger partial charge on any atom is 0.194 e. The molecule has 0 fully saturated rings. The predicted octanol–water partition coefficient (Wildman–Crippen LogP) is 4.67. The monoisotopic (exact) mass is 296 g/mol. The molecule has 22 heavy (non-hydrogen) atoms. The Morgan fingerprint density at radius 3 is 2.27 bits per heavy atom. The number of carbonyl (C=O) groups excluding carboxylic acids is 1. The molecular weight excluding hydrogens is 272 g/mol. The minimum atomic E-state index is -0.748. The molecule has 2 rings (SSSR count). The number of hydrogen-bond donors (Lipinski definition) is 0. The third-order valence-electron chi connectivity index (χ3n) is 4.12. The second-order valence-corrected chi connectivity index (χ2v) is 5.67. The van der Waals surface area contributed by atoms with Crippen LogP contribution in [-0.4, -0.2) is 18.0 Å². The number of ether oxygens (including phenoxy) is 1. The van der Waals surface area contributed by atoms with E-state index in [-0.39, 0.29) is 5.78 Å². The van der Waals surface area contributed by atoms with E-state index in [0.29, 0.717) is 13.0 Å². The average Bonchev–Trinajstić information content (AvgIpc) is 2.56. The van der Waals surface area contributed by atoms with E-state index >= 15 is 0 Å². The SMILES string of the molecule is CCOC(C)(CC)C(=O)c1ccccc1Cc1ccccc1. The van der Waals surface area contributed by atoms with Crippen LogP contribution in [0, 0.1) is 0 Å². The summed E-state index contributed by atoms with van der Waals surface area (Å²) in [4.78, 5) is 13.0. The predicted molar refractivity (Wildman–Crippen MR) is 90.3 cm³/mol. The summed E-state index contributed by atoms with van der Waals surface area (Å²) in [7, 11) is 0. The van der Waals surface area contributed by atoms with Crippen LogP contribution < -0.4 is 0 Å². The van der Waals surface area contributed by atoms with Gasteiger partial charge in [0.2, 0.25) is 0 Å². The maximum absolute atomic E-state index is 13.0. The van der Waals surface area contributed by atoms with E-state index in [1.807, 2.05) is 63.2 Å². The second-order valence-electron chi connectivity index (χ2n) is 5.67.